The monoisotopic (exact) mass is 292 g/mol. The van der Waals surface area contributed by atoms with Gasteiger partial charge in [0.1, 0.15) is 0 Å². The van der Waals surface area contributed by atoms with Gasteiger partial charge in [0.15, 0.2) is 0 Å². The van der Waals surface area contributed by atoms with E-state index in [4.69, 9.17) is 4.74 Å². The van der Waals surface area contributed by atoms with Gasteiger partial charge in [-0.25, -0.2) is 13.1 Å². The zero-order valence-corrected chi connectivity index (χ0v) is 13.1. The lowest BCUT2D eigenvalue weighted by molar-refractivity contribution is 0.157. The van der Waals surface area contributed by atoms with Crippen LogP contribution >= 0.6 is 0 Å². The summed E-state index contributed by atoms with van der Waals surface area (Å²) in [6.45, 7) is 6.44. The van der Waals surface area contributed by atoms with Crippen molar-refractivity contribution in [1.82, 2.24) is 10.0 Å². The van der Waals surface area contributed by atoms with Crippen LogP contribution in [-0.2, 0) is 14.8 Å². The van der Waals surface area contributed by atoms with Crippen molar-refractivity contribution in [2.24, 2.45) is 11.8 Å². The van der Waals surface area contributed by atoms with Gasteiger partial charge in [0, 0.05) is 13.2 Å². The third kappa shape index (κ3) is 6.70. The Morgan fingerprint density at radius 2 is 1.95 bits per heavy atom. The lowest BCUT2D eigenvalue weighted by atomic mass is 9.96. The summed E-state index contributed by atoms with van der Waals surface area (Å²) in [4.78, 5) is 0. The van der Waals surface area contributed by atoms with Crippen molar-refractivity contribution >= 4 is 10.0 Å². The Balaban J connectivity index is 2.41. The topological polar surface area (TPSA) is 67.4 Å². The standard InChI is InChI=1S/C13H28N2O3S/c1-11(2)13(10-18-3)15-19(16,17)9-6-12-4-7-14-8-5-12/h11-15H,4-10H2,1-3H3. The summed E-state index contributed by atoms with van der Waals surface area (Å²) in [6, 6.07) is -0.136. The summed E-state index contributed by atoms with van der Waals surface area (Å²) in [5, 5.41) is 3.29. The molecule has 0 aliphatic carbocycles. The molecular weight excluding hydrogens is 264 g/mol. The molecule has 114 valence electrons. The summed E-state index contributed by atoms with van der Waals surface area (Å²) in [5.74, 6) is 0.997. The third-order valence-corrected chi connectivity index (χ3v) is 5.17. The number of ether oxygens (including phenoxy) is 1. The Morgan fingerprint density at radius 1 is 1.32 bits per heavy atom. The Labute approximate surface area is 117 Å². The van der Waals surface area contributed by atoms with Crippen LogP contribution < -0.4 is 10.0 Å². The van der Waals surface area contributed by atoms with E-state index >= 15 is 0 Å². The fourth-order valence-corrected chi connectivity index (χ4v) is 3.89. The van der Waals surface area contributed by atoms with Crippen molar-refractivity contribution in [1.29, 1.82) is 0 Å². The van der Waals surface area contributed by atoms with E-state index in [0.29, 0.717) is 12.5 Å². The van der Waals surface area contributed by atoms with Gasteiger partial charge in [-0.1, -0.05) is 13.8 Å². The van der Waals surface area contributed by atoms with Gasteiger partial charge in [0.05, 0.1) is 12.4 Å². The summed E-state index contributed by atoms with van der Waals surface area (Å²) in [6.07, 6.45) is 2.93. The molecule has 0 amide bonds. The maximum Gasteiger partial charge on any atom is 0.211 e. The minimum Gasteiger partial charge on any atom is -0.383 e. The van der Waals surface area contributed by atoms with Gasteiger partial charge in [0.2, 0.25) is 10.0 Å². The summed E-state index contributed by atoms with van der Waals surface area (Å²) in [7, 11) is -1.60. The molecule has 0 spiro atoms. The van der Waals surface area contributed by atoms with Crippen molar-refractivity contribution in [2.45, 2.75) is 39.2 Å². The quantitative estimate of drug-likeness (QED) is 0.699. The smallest absolute Gasteiger partial charge is 0.211 e. The van der Waals surface area contributed by atoms with Crippen LogP contribution in [-0.4, -0.2) is 47.0 Å². The second-order valence-electron chi connectivity index (χ2n) is 5.72. The number of sulfonamides is 1. The zero-order valence-electron chi connectivity index (χ0n) is 12.3. The lowest BCUT2D eigenvalue weighted by Crippen LogP contribution is -2.43. The van der Waals surface area contributed by atoms with Crippen LogP contribution in [0.4, 0.5) is 0 Å². The van der Waals surface area contributed by atoms with Gasteiger partial charge >= 0.3 is 0 Å². The Bertz CT molecular complexity index is 338. The highest BCUT2D eigenvalue weighted by Crippen LogP contribution is 2.16. The number of piperidine rings is 1. The van der Waals surface area contributed by atoms with Crippen molar-refractivity contribution in [3.8, 4) is 0 Å². The minimum absolute atomic E-state index is 0.136. The second-order valence-corrected chi connectivity index (χ2v) is 7.60. The van der Waals surface area contributed by atoms with Crippen molar-refractivity contribution in [2.75, 3.05) is 32.6 Å². The van der Waals surface area contributed by atoms with Crippen LogP contribution in [0.15, 0.2) is 0 Å². The molecule has 0 aromatic carbocycles. The predicted molar refractivity (Wildman–Crippen MR) is 77.6 cm³/mol. The van der Waals surface area contributed by atoms with E-state index in [-0.39, 0.29) is 17.7 Å². The van der Waals surface area contributed by atoms with Gasteiger partial charge in [0.25, 0.3) is 0 Å². The molecule has 0 aromatic heterocycles. The van der Waals surface area contributed by atoms with Crippen molar-refractivity contribution < 1.29 is 13.2 Å². The molecule has 6 heteroatoms. The van der Waals surface area contributed by atoms with E-state index in [0.717, 1.165) is 32.4 Å². The second kappa shape index (κ2) is 8.19. The largest absolute Gasteiger partial charge is 0.383 e. The third-order valence-electron chi connectivity index (χ3n) is 3.74. The maximum absolute atomic E-state index is 12.1. The molecule has 1 rings (SSSR count). The van der Waals surface area contributed by atoms with Gasteiger partial charge in [-0.15, -0.1) is 0 Å². The van der Waals surface area contributed by atoms with E-state index in [1.54, 1.807) is 7.11 Å². The first-order valence-corrected chi connectivity index (χ1v) is 8.79. The highest BCUT2D eigenvalue weighted by molar-refractivity contribution is 7.89. The van der Waals surface area contributed by atoms with Crippen molar-refractivity contribution in [3.05, 3.63) is 0 Å². The van der Waals surface area contributed by atoms with Crippen LogP contribution in [0, 0.1) is 11.8 Å². The molecule has 1 heterocycles. The number of hydrogen-bond donors (Lipinski definition) is 2. The number of hydrogen-bond acceptors (Lipinski definition) is 4. The van der Waals surface area contributed by atoms with Crippen LogP contribution in [0.2, 0.25) is 0 Å². The van der Waals surface area contributed by atoms with E-state index in [9.17, 15) is 8.42 Å². The number of methoxy groups -OCH3 is 1. The first-order valence-electron chi connectivity index (χ1n) is 7.14. The van der Waals surface area contributed by atoms with Gasteiger partial charge in [-0.2, -0.15) is 0 Å². The number of nitrogens with one attached hydrogen (secondary N) is 2. The average Bonchev–Trinajstić information content (AvgIpc) is 2.37. The summed E-state index contributed by atoms with van der Waals surface area (Å²) in [5.41, 5.74) is 0. The van der Waals surface area contributed by atoms with Crippen LogP contribution in [0.1, 0.15) is 33.1 Å². The molecule has 0 radical (unpaired) electrons. The maximum atomic E-state index is 12.1. The lowest BCUT2D eigenvalue weighted by Gasteiger charge is -2.24. The van der Waals surface area contributed by atoms with E-state index in [1.807, 2.05) is 13.8 Å². The van der Waals surface area contributed by atoms with Crippen LogP contribution in [0.5, 0.6) is 0 Å². The molecule has 5 nitrogen and oxygen atoms in total. The first-order chi connectivity index (χ1) is 8.94. The highest BCUT2D eigenvalue weighted by atomic mass is 32.2. The fraction of sp³-hybridized carbons (Fsp3) is 1.00. The molecule has 19 heavy (non-hydrogen) atoms. The molecule has 2 N–H and O–H groups in total. The molecule has 1 aliphatic rings. The van der Waals surface area contributed by atoms with Crippen LogP contribution in [0.3, 0.4) is 0 Å². The van der Waals surface area contributed by atoms with Gasteiger partial charge in [-0.05, 0) is 44.2 Å². The molecule has 1 atom stereocenters. The van der Waals surface area contributed by atoms with E-state index in [1.165, 1.54) is 0 Å². The molecule has 0 aromatic rings. The summed E-state index contributed by atoms with van der Waals surface area (Å²) >= 11 is 0. The molecule has 1 unspecified atom stereocenters. The Morgan fingerprint density at radius 3 is 2.47 bits per heavy atom. The normalized spacial score (nSPS) is 19.8. The Kier molecular flexibility index (Phi) is 7.28. The number of rotatable bonds is 8. The van der Waals surface area contributed by atoms with Crippen molar-refractivity contribution in [3.63, 3.8) is 0 Å². The SMILES string of the molecule is COCC(NS(=O)(=O)CCC1CCNCC1)C(C)C. The Hall–Kier alpha value is -0.170. The fourth-order valence-electron chi connectivity index (χ4n) is 2.32. The average molecular weight is 292 g/mol. The zero-order chi connectivity index (χ0) is 14.3. The predicted octanol–water partition coefficient (Wildman–Crippen LogP) is 0.967. The molecule has 0 bridgehead atoms. The molecule has 0 saturated carbocycles. The molecule has 1 saturated heterocycles. The highest BCUT2D eigenvalue weighted by Gasteiger charge is 2.22. The van der Waals surface area contributed by atoms with E-state index in [2.05, 4.69) is 10.0 Å². The summed E-state index contributed by atoms with van der Waals surface area (Å²) < 4.78 is 32.0. The molecular formula is C13H28N2O3S. The first kappa shape index (κ1) is 16.9. The molecule has 1 fully saturated rings. The van der Waals surface area contributed by atoms with Gasteiger partial charge in [-0.3, -0.25) is 0 Å². The minimum atomic E-state index is -3.20. The van der Waals surface area contributed by atoms with Crippen LogP contribution in [0.25, 0.3) is 0 Å². The molecule has 1 aliphatic heterocycles. The van der Waals surface area contributed by atoms with E-state index < -0.39 is 10.0 Å². The van der Waals surface area contributed by atoms with Gasteiger partial charge < -0.3 is 10.1 Å².